The van der Waals surface area contributed by atoms with E-state index in [1.165, 1.54) is 100 Å². The Morgan fingerprint density at radius 1 is 0.308 bits per heavy atom. The van der Waals surface area contributed by atoms with Crippen molar-refractivity contribution in [3.05, 3.63) is 252 Å². The zero-order chi connectivity index (χ0) is 101. The van der Waals surface area contributed by atoms with E-state index in [1.807, 2.05) is 58.3 Å². The van der Waals surface area contributed by atoms with E-state index < -0.39 is 54.0 Å². The van der Waals surface area contributed by atoms with Gasteiger partial charge in [-0.15, -0.1) is 68.0 Å². The molecule has 1 saturated carbocycles. The standard InChI is InChI=1S/C15H22O2.C13H22S.C13H18.C12H20S.C12H18.C11H18S.C10H13F3O.C10H13F3S.C10H16S.C9H11F3S/c1-10(2)14(15(3,4)5)11-6-7-12-13(8-11)17-9-16-12;1-9(2)12(13(4,5)6)11-8-7-10(3)14-11;1-10(2)13(12-8-9-12)11-6-4-3-5-7-11;1-8(2)12(9(3)4)11-7-6-10(5)13-11;1-4-12(10(2)3)11-8-6-5-7-9-11;1-5-10(8(2)3)11-7-6-9(4)12-11;2*1-6(2)9(10(11,12)13)8-5-4-7(3)14-8;1-4-9(8(2)3)10-6-5-7-11-10;1-6(2)8(9(10,11)12)7-4-3-5-13-7/h6-8,10,14H,9H2,1-5H3;7-9,12H,1-6H3;3-7,10,12-13H,8-9H2,1-2H3;6-9,12H,1-5H3;5-10,12H,4H2,1-3H3;6-8,10H,5H2,1-4H3;2*4-6,9H,1-3H3;5-9H,4H2,1-3H3;3-6,8H,1-2H3/t14-;12-;13-;;12-;10-;9-;;9-;/m000.000.0./s1. The fourth-order valence-corrected chi connectivity index (χ4v) is 26.3. The first-order chi connectivity index (χ1) is 61.7. The average Bonchev–Trinajstić information content (AvgIpc) is 1.80. The third-order valence-corrected chi connectivity index (χ3v) is 31.0. The molecule has 2 unspecified atom stereocenters. The van der Waals surface area contributed by atoms with Crippen molar-refractivity contribution in [3.63, 3.8) is 0 Å². The molecule has 1 fully saturated rings. The minimum absolute atomic E-state index is 0.00463. The van der Waals surface area contributed by atoms with E-state index in [1.54, 1.807) is 95.4 Å². The summed E-state index contributed by atoms with van der Waals surface area (Å²) >= 11 is 10.1. The number of rotatable bonds is 25. The van der Waals surface area contributed by atoms with Gasteiger partial charge in [-0.1, -0.05) is 293 Å². The number of furan rings is 1. The van der Waals surface area contributed by atoms with Crippen LogP contribution in [0.2, 0.25) is 0 Å². The Hall–Kier alpha value is -5.89. The van der Waals surface area contributed by atoms with Crippen molar-refractivity contribution < 1.29 is 53.4 Å². The summed E-state index contributed by atoms with van der Waals surface area (Å²) in [6.07, 6.45) is -5.85. The van der Waals surface area contributed by atoms with Crippen LogP contribution in [0.25, 0.3) is 0 Å². The van der Waals surface area contributed by atoms with Crippen molar-refractivity contribution in [1.82, 2.24) is 0 Å². The Kier molecular flexibility index (Phi) is 52.5. The van der Waals surface area contributed by atoms with Crippen LogP contribution in [-0.2, 0) is 0 Å². The molecule has 3 nitrogen and oxygen atoms in total. The lowest BCUT2D eigenvalue weighted by molar-refractivity contribution is -0.163. The quantitative estimate of drug-likeness (QED) is 0.0535. The van der Waals surface area contributed by atoms with Crippen molar-refractivity contribution >= 4 is 68.0 Å². The maximum absolute atomic E-state index is 12.7. The van der Waals surface area contributed by atoms with Crippen molar-refractivity contribution in [1.29, 1.82) is 0 Å². The lowest BCUT2D eigenvalue weighted by atomic mass is 9.70. The maximum Gasteiger partial charge on any atom is 0.399 e. The molecule has 0 radical (unpaired) electrons. The van der Waals surface area contributed by atoms with Gasteiger partial charge in [0.25, 0.3) is 0 Å². The van der Waals surface area contributed by atoms with Crippen LogP contribution in [0, 0.1) is 116 Å². The summed E-state index contributed by atoms with van der Waals surface area (Å²) < 4.78 is 129. The molecule has 748 valence electrons. The molecule has 0 amide bonds. The first-order valence-electron chi connectivity index (χ1n) is 48.8. The van der Waals surface area contributed by atoms with Gasteiger partial charge in [-0.3, -0.25) is 0 Å². The molecule has 8 heterocycles. The van der Waals surface area contributed by atoms with Gasteiger partial charge in [0.05, 0.1) is 11.8 Å². The van der Waals surface area contributed by atoms with Crippen LogP contribution in [-0.4, -0.2) is 25.3 Å². The van der Waals surface area contributed by atoms with E-state index in [0.717, 1.165) is 87.4 Å². The molecule has 0 saturated heterocycles. The molecule has 0 N–H and O–H groups in total. The van der Waals surface area contributed by atoms with Crippen molar-refractivity contribution in [2.75, 3.05) is 6.79 Å². The smallest absolute Gasteiger partial charge is 0.399 e. The summed E-state index contributed by atoms with van der Waals surface area (Å²) in [5.41, 5.74) is 4.99. The lowest BCUT2D eigenvalue weighted by Gasteiger charge is -2.34. The van der Waals surface area contributed by atoms with E-state index in [4.69, 9.17) is 13.9 Å². The van der Waals surface area contributed by atoms with Gasteiger partial charge in [0, 0.05) is 54.7 Å². The summed E-state index contributed by atoms with van der Waals surface area (Å²) in [6, 6.07) is 55.6. The normalized spacial score (nSPS) is 14.8. The van der Waals surface area contributed by atoms with E-state index in [9.17, 15) is 39.5 Å². The van der Waals surface area contributed by atoms with Gasteiger partial charge >= 0.3 is 18.5 Å². The van der Waals surface area contributed by atoms with Crippen molar-refractivity contribution in [2.24, 2.45) is 81.8 Å². The number of fused-ring (bicyclic) bond motifs is 1. The predicted molar refractivity (Wildman–Crippen MR) is 565 cm³/mol. The van der Waals surface area contributed by atoms with E-state index in [0.29, 0.717) is 51.4 Å². The molecule has 9 atom stereocenters. The second-order valence-corrected chi connectivity index (χ2v) is 49.3. The van der Waals surface area contributed by atoms with E-state index in [2.05, 4.69) is 321 Å². The summed E-state index contributed by atoms with van der Waals surface area (Å²) in [5, 5.41) is 3.84. The predicted octanol–water partition coefficient (Wildman–Crippen LogP) is 41.6. The molecule has 18 heteroatoms. The highest BCUT2D eigenvalue weighted by atomic mass is 32.1. The summed E-state index contributed by atoms with van der Waals surface area (Å²) in [5.74, 6) is 8.70. The summed E-state index contributed by atoms with van der Waals surface area (Å²) in [4.78, 5) is 12.3. The minimum atomic E-state index is -4.24. The fraction of sp³-hybridized carbons (Fsp3) is 0.600. The lowest BCUT2D eigenvalue weighted by Crippen LogP contribution is -2.24. The Labute approximate surface area is 826 Å². The van der Waals surface area contributed by atoms with Crippen LogP contribution in [0.3, 0.4) is 0 Å². The number of alkyl halides is 9. The number of halogens is 9. The molecule has 10 aromatic rings. The highest BCUT2D eigenvalue weighted by molar-refractivity contribution is 7.13. The van der Waals surface area contributed by atoms with Gasteiger partial charge in [0.2, 0.25) is 6.79 Å². The summed E-state index contributed by atoms with van der Waals surface area (Å²) in [7, 11) is 0. The molecular formula is C115H171F9O3S6. The van der Waals surface area contributed by atoms with Gasteiger partial charge in [0.15, 0.2) is 11.5 Å². The molecule has 0 bridgehead atoms. The number of hydrogen-bond acceptors (Lipinski definition) is 9. The van der Waals surface area contributed by atoms with Crippen molar-refractivity contribution in [3.8, 4) is 11.5 Å². The first-order valence-corrected chi connectivity index (χ1v) is 53.9. The SMILES string of the molecule is CC(C)C(c1cccs1)C(F)(F)F.CC(C)[C@@H](c1ccc2c(c1)OCO2)C(C)(C)C.CC(C)[C@@H](c1ccccc1)C1CC1.CC[C@H](c1ccc(C)s1)C(C)C.CC[C@H](c1ccccc1)C(C)C.CC[C@H](c1cccs1)C(C)C.Cc1ccc(C(C(C)C)C(C)C)s1.Cc1ccc(C(C(C)C)C(F)(F)F)s1.Cc1ccc([C@H](C(C)C)C(C)(C)C)s1.Cc1ccc([C@H](C(C)C)C(F)(F)F)o1. The monoisotopic (exact) mass is 1960 g/mol. The third-order valence-electron chi connectivity index (χ3n) is 24.6. The first kappa shape index (κ1) is 121. The molecule has 2 aliphatic rings. The van der Waals surface area contributed by atoms with E-state index >= 15 is 0 Å². The maximum atomic E-state index is 12.7. The highest BCUT2D eigenvalue weighted by Crippen LogP contribution is 2.50. The van der Waals surface area contributed by atoms with Gasteiger partial charge in [-0.25, -0.2) is 0 Å². The largest absolute Gasteiger partial charge is 0.466 e. The fourth-order valence-electron chi connectivity index (χ4n) is 19.0. The molecule has 1 aliphatic carbocycles. The molecule has 1 aliphatic heterocycles. The number of ether oxygens (including phenoxy) is 2. The number of benzene rings is 3. The molecule has 12 rings (SSSR count). The highest BCUT2D eigenvalue weighted by Gasteiger charge is 2.46. The zero-order valence-electron chi connectivity index (χ0n) is 87.8. The van der Waals surface area contributed by atoms with Gasteiger partial charge in [-0.2, -0.15) is 39.5 Å². The molecule has 0 spiro atoms. The Morgan fingerprint density at radius 3 is 0.985 bits per heavy atom. The van der Waals surface area contributed by atoms with Gasteiger partial charge < -0.3 is 13.9 Å². The molecular weight excluding hydrogens is 1790 g/mol. The number of hydrogen-bond donors (Lipinski definition) is 0. The van der Waals surface area contributed by atoms with Crippen LogP contribution < -0.4 is 9.47 Å². The van der Waals surface area contributed by atoms with Gasteiger partial charge in [-0.05, 0) is 296 Å². The third kappa shape index (κ3) is 42.0. The molecule has 133 heavy (non-hydrogen) atoms. The molecule has 7 aromatic heterocycles. The average molecular weight is 1970 g/mol. The van der Waals surface area contributed by atoms with Crippen molar-refractivity contribution in [2.45, 2.75) is 359 Å². The second-order valence-electron chi connectivity index (χ2n) is 42.1. The minimum Gasteiger partial charge on any atom is -0.466 e. The van der Waals surface area contributed by atoms with Crippen LogP contribution in [0.4, 0.5) is 39.5 Å². The van der Waals surface area contributed by atoms with Crippen LogP contribution in [0.15, 0.2) is 179 Å². The number of thiophene rings is 6. The topological polar surface area (TPSA) is 31.6 Å². The summed E-state index contributed by atoms with van der Waals surface area (Å²) in [6.45, 7) is 77.5. The second kappa shape index (κ2) is 57.6. The number of aryl methyl sites for hydroxylation is 5. The van der Waals surface area contributed by atoms with Gasteiger partial charge in [0.1, 0.15) is 17.4 Å². The van der Waals surface area contributed by atoms with E-state index in [-0.39, 0.29) is 11.2 Å². The van der Waals surface area contributed by atoms with Crippen LogP contribution in [0.1, 0.15) is 383 Å². The van der Waals surface area contributed by atoms with Crippen LogP contribution >= 0.6 is 68.0 Å². The molecule has 3 aromatic carbocycles. The Balaban J connectivity index is 0.000000381. The van der Waals surface area contributed by atoms with Crippen LogP contribution in [0.5, 0.6) is 11.5 Å². The Morgan fingerprint density at radius 2 is 0.669 bits per heavy atom. The zero-order valence-corrected chi connectivity index (χ0v) is 92.7. The Bertz CT molecular complexity index is 4500.